The summed E-state index contributed by atoms with van der Waals surface area (Å²) >= 11 is 6.71. The normalized spacial score (nSPS) is 11.9. The van der Waals surface area contributed by atoms with Gasteiger partial charge in [0.1, 0.15) is 0 Å². The second-order valence-electron chi connectivity index (χ2n) is 4.65. The Morgan fingerprint density at radius 1 is 1.14 bits per heavy atom. The Morgan fingerprint density at radius 3 is 2.38 bits per heavy atom. The number of benzene rings is 1. The van der Waals surface area contributed by atoms with E-state index in [1.54, 1.807) is 43.7 Å². The molecule has 0 saturated carbocycles. The van der Waals surface area contributed by atoms with E-state index >= 15 is 0 Å². The van der Waals surface area contributed by atoms with Crippen molar-refractivity contribution in [3.8, 4) is 0 Å². The fourth-order valence-corrected chi connectivity index (χ4v) is 4.62. The Hall–Kier alpha value is -0.760. The number of halogens is 2. The van der Waals surface area contributed by atoms with Crippen molar-refractivity contribution in [3.05, 3.63) is 56.7 Å². The molecule has 0 atom stereocenters. The van der Waals surface area contributed by atoms with Crippen molar-refractivity contribution >= 4 is 41.9 Å². The van der Waals surface area contributed by atoms with Gasteiger partial charge in [-0.2, -0.15) is 4.31 Å². The molecule has 2 aromatic rings. The van der Waals surface area contributed by atoms with Crippen LogP contribution in [0.4, 0.5) is 0 Å². The van der Waals surface area contributed by atoms with Crippen molar-refractivity contribution < 1.29 is 8.42 Å². The third-order valence-corrected chi connectivity index (χ3v) is 6.67. The molecule has 0 bridgehead atoms. The fourth-order valence-electron chi connectivity index (χ4n) is 1.82. The van der Waals surface area contributed by atoms with E-state index in [9.17, 15) is 8.42 Å². The zero-order valence-corrected chi connectivity index (χ0v) is 15.5. The lowest BCUT2D eigenvalue weighted by molar-refractivity contribution is 0.466. The molecule has 1 aromatic carbocycles. The van der Waals surface area contributed by atoms with Crippen LogP contribution in [0.1, 0.15) is 11.1 Å². The third-order valence-electron chi connectivity index (χ3n) is 3.06. The topological polar surface area (TPSA) is 50.3 Å². The summed E-state index contributed by atoms with van der Waals surface area (Å²) in [4.78, 5) is 4.17. The first-order valence-corrected chi connectivity index (χ1v) is 9.16. The van der Waals surface area contributed by atoms with Gasteiger partial charge >= 0.3 is 0 Å². The molecule has 1 heterocycles. The van der Waals surface area contributed by atoms with Crippen LogP contribution in [0.15, 0.2) is 50.5 Å². The molecule has 0 radical (unpaired) electrons. The van der Waals surface area contributed by atoms with Crippen LogP contribution in [0.25, 0.3) is 0 Å². The van der Waals surface area contributed by atoms with Gasteiger partial charge in [-0.25, -0.2) is 8.42 Å². The summed E-state index contributed by atoms with van der Waals surface area (Å²) in [6.45, 7) is 2.20. The minimum Gasteiger partial charge on any atom is -0.265 e. The maximum Gasteiger partial charge on any atom is 0.244 e. The first kappa shape index (κ1) is 16.6. The Morgan fingerprint density at radius 2 is 1.76 bits per heavy atom. The van der Waals surface area contributed by atoms with Crippen molar-refractivity contribution in [2.75, 3.05) is 7.05 Å². The average Bonchev–Trinajstić information content (AvgIpc) is 2.43. The Balaban J connectivity index is 2.36. The molecule has 7 heteroatoms. The Labute approximate surface area is 141 Å². The van der Waals surface area contributed by atoms with E-state index in [-0.39, 0.29) is 4.90 Å². The smallest absolute Gasteiger partial charge is 0.244 e. The van der Waals surface area contributed by atoms with Crippen LogP contribution in [0.2, 0.25) is 0 Å². The largest absolute Gasteiger partial charge is 0.265 e. The number of aryl methyl sites for hydroxylation is 1. The number of hydrogen-bond donors (Lipinski definition) is 0. The molecule has 0 fully saturated rings. The zero-order chi connectivity index (χ0) is 15.6. The van der Waals surface area contributed by atoms with E-state index in [0.717, 1.165) is 15.6 Å². The van der Waals surface area contributed by atoms with Crippen LogP contribution in [0.5, 0.6) is 0 Å². The highest BCUT2D eigenvalue weighted by atomic mass is 79.9. The zero-order valence-electron chi connectivity index (χ0n) is 11.5. The third kappa shape index (κ3) is 3.71. The minimum absolute atomic E-state index is 0.247. The molecule has 4 nitrogen and oxygen atoms in total. The van der Waals surface area contributed by atoms with Crippen molar-refractivity contribution in [1.29, 1.82) is 0 Å². The second kappa shape index (κ2) is 6.56. The number of pyridine rings is 1. The number of rotatable bonds is 4. The fraction of sp³-hybridized carbons (Fsp3) is 0.214. The van der Waals surface area contributed by atoms with Crippen molar-refractivity contribution in [2.24, 2.45) is 0 Å². The first-order valence-electron chi connectivity index (χ1n) is 6.13. The molecule has 0 unspecified atom stereocenters. The van der Waals surface area contributed by atoms with Gasteiger partial charge in [0.05, 0.1) is 4.90 Å². The molecule has 0 saturated heterocycles. The van der Waals surface area contributed by atoms with E-state index in [1.807, 2.05) is 6.92 Å². The molecule has 0 aliphatic rings. The van der Waals surface area contributed by atoms with Gasteiger partial charge in [-0.15, -0.1) is 0 Å². The molecule has 1 aromatic heterocycles. The minimum atomic E-state index is -3.57. The lowest BCUT2D eigenvalue weighted by atomic mass is 10.2. The lowest BCUT2D eigenvalue weighted by Gasteiger charge is -2.18. The summed E-state index contributed by atoms with van der Waals surface area (Å²) in [6.07, 6.45) is 3.29. The molecule has 2 rings (SSSR count). The molecule has 0 aliphatic carbocycles. The molecule has 0 N–H and O–H groups in total. The lowest BCUT2D eigenvalue weighted by Crippen LogP contribution is -2.26. The average molecular weight is 434 g/mol. The van der Waals surface area contributed by atoms with Crippen LogP contribution in [-0.2, 0) is 16.6 Å². The van der Waals surface area contributed by atoms with Gasteiger partial charge < -0.3 is 0 Å². The van der Waals surface area contributed by atoms with Gasteiger partial charge in [-0.3, -0.25) is 4.98 Å². The van der Waals surface area contributed by atoms with Crippen LogP contribution in [-0.4, -0.2) is 24.8 Å². The van der Waals surface area contributed by atoms with E-state index in [0.29, 0.717) is 11.0 Å². The molecule has 0 spiro atoms. The second-order valence-corrected chi connectivity index (χ2v) is 8.37. The SMILES string of the molecule is Cc1cc(Br)c(S(=O)(=O)N(C)Cc2ccncc2)cc1Br. The molecule has 0 aliphatic heterocycles. The van der Waals surface area contributed by atoms with Gasteiger partial charge in [0, 0.05) is 34.9 Å². The van der Waals surface area contributed by atoms with Gasteiger partial charge in [0.15, 0.2) is 0 Å². The van der Waals surface area contributed by atoms with Crippen LogP contribution >= 0.6 is 31.9 Å². The van der Waals surface area contributed by atoms with Gasteiger partial charge in [0.2, 0.25) is 10.0 Å². The summed E-state index contributed by atoms with van der Waals surface area (Å²) in [5.41, 5.74) is 1.86. The van der Waals surface area contributed by atoms with Crippen LogP contribution in [0, 0.1) is 6.92 Å². The highest BCUT2D eigenvalue weighted by molar-refractivity contribution is 9.11. The van der Waals surface area contributed by atoms with E-state index in [2.05, 4.69) is 36.8 Å². The van der Waals surface area contributed by atoms with Gasteiger partial charge in [-0.1, -0.05) is 15.9 Å². The number of hydrogen-bond acceptors (Lipinski definition) is 3. The summed E-state index contributed by atoms with van der Waals surface area (Å²) in [7, 11) is -2.01. The summed E-state index contributed by atoms with van der Waals surface area (Å²) < 4.78 is 28.0. The highest BCUT2D eigenvalue weighted by Gasteiger charge is 2.24. The number of aromatic nitrogens is 1. The molecule has 112 valence electrons. The monoisotopic (exact) mass is 432 g/mol. The molecule has 21 heavy (non-hydrogen) atoms. The van der Waals surface area contributed by atoms with E-state index in [1.165, 1.54) is 4.31 Å². The number of nitrogens with zero attached hydrogens (tertiary/aromatic N) is 2. The standard InChI is InChI=1S/C14H14Br2N2O2S/c1-10-7-13(16)14(8-12(10)15)21(19,20)18(2)9-11-3-5-17-6-4-11/h3-8H,9H2,1-2H3. The van der Waals surface area contributed by atoms with Crippen molar-refractivity contribution in [2.45, 2.75) is 18.4 Å². The highest BCUT2D eigenvalue weighted by Crippen LogP contribution is 2.30. The van der Waals surface area contributed by atoms with Crippen LogP contribution in [0.3, 0.4) is 0 Å². The quantitative estimate of drug-likeness (QED) is 0.737. The molecule has 0 amide bonds. The van der Waals surface area contributed by atoms with E-state index < -0.39 is 10.0 Å². The maximum absolute atomic E-state index is 12.7. The van der Waals surface area contributed by atoms with Gasteiger partial charge in [0.25, 0.3) is 0 Å². The number of sulfonamides is 1. The summed E-state index contributed by atoms with van der Waals surface area (Å²) in [5, 5.41) is 0. The summed E-state index contributed by atoms with van der Waals surface area (Å²) in [5.74, 6) is 0. The Bertz CT molecular complexity index is 749. The predicted octanol–water partition coefficient (Wildman–Crippen LogP) is 3.74. The summed E-state index contributed by atoms with van der Waals surface area (Å²) in [6, 6.07) is 7.01. The van der Waals surface area contributed by atoms with Crippen molar-refractivity contribution in [3.63, 3.8) is 0 Å². The van der Waals surface area contributed by atoms with E-state index in [4.69, 9.17) is 0 Å². The van der Waals surface area contributed by atoms with Crippen molar-refractivity contribution in [1.82, 2.24) is 9.29 Å². The first-order chi connectivity index (χ1) is 9.82. The molecular weight excluding hydrogens is 420 g/mol. The maximum atomic E-state index is 12.7. The Kier molecular flexibility index (Phi) is 5.19. The van der Waals surface area contributed by atoms with Crippen LogP contribution < -0.4 is 0 Å². The van der Waals surface area contributed by atoms with Gasteiger partial charge in [-0.05, 0) is 58.2 Å². The predicted molar refractivity (Wildman–Crippen MR) is 89.5 cm³/mol. The molecular formula is C14H14Br2N2O2S.